The van der Waals surface area contributed by atoms with Crippen LogP contribution >= 0.6 is 23.1 Å². The zero-order chi connectivity index (χ0) is 14.2. The van der Waals surface area contributed by atoms with Crippen molar-refractivity contribution in [2.45, 2.75) is 16.8 Å². The van der Waals surface area contributed by atoms with Crippen LogP contribution < -0.4 is 0 Å². The van der Waals surface area contributed by atoms with Gasteiger partial charge in [0.15, 0.2) is 11.0 Å². The molecule has 1 aliphatic rings. The Labute approximate surface area is 129 Å². The van der Waals surface area contributed by atoms with Crippen molar-refractivity contribution in [3.8, 4) is 11.4 Å². The minimum atomic E-state index is 0.0110. The second-order valence-corrected chi connectivity index (χ2v) is 6.86. The van der Waals surface area contributed by atoms with Gasteiger partial charge in [-0.25, -0.2) is 4.98 Å². The molecule has 1 atom stereocenters. The molecule has 0 fully saturated rings. The van der Waals surface area contributed by atoms with Crippen LogP contribution in [-0.2, 0) is 0 Å². The number of benzene rings is 1. The van der Waals surface area contributed by atoms with E-state index < -0.39 is 0 Å². The highest BCUT2D eigenvalue weighted by atomic mass is 32.2. The van der Waals surface area contributed by atoms with E-state index in [1.54, 1.807) is 23.1 Å². The highest BCUT2D eigenvalue weighted by molar-refractivity contribution is 7.99. The maximum absolute atomic E-state index is 12.3. The summed E-state index contributed by atoms with van der Waals surface area (Å²) in [5.41, 5.74) is 0.931. The van der Waals surface area contributed by atoms with E-state index >= 15 is 0 Å². The smallest absolute Gasteiger partial charge is 0.250 e. The number of thiophene rings is 1. The molecule has 0 aliphatic carbocycles. The Morgan fingerprint density at radius 1 is 1.14 bits per heavy atom. The Kier molecular flexibility index (Phi) is 3.12. The maximum atomic E-state index is 12.3. The van der Waals surface area contributed by atoms with Gasteiger partial charge in [0.1, 0.15) is 0 Å². The lowest BCUT2D eigenvalue weighted by Crippen LogP contribution is -2.20. The lowest BCUT2D eigenvalue weighted by molar-refractivity contribution is 0.0868. The van der Waals surface area contributed by atoms with Crippen molar-refractivity contribution in [3.05, 3.63) is 52.7 Å². The lowest BCUT2D eigenvalue weighted by atomic mass is 10.2. The van der Waals surface area contributed by atoms with Crippen LogP contribution in [0.3, 0.4) is 0 Å². The lowest BCUT2D eigenvalue weighted by Gasteiger charge is -2.18. The predicted molar refractivity (Wildman–Crippen MR) is 83.6 cm³/mol. The van der Waals surface area contributed by atoms with Crippen molar-refractivity contribution in [2.75, 3.05) is 0 Å². The molecule has 0 spiro atoms. The van der Waals surface area contributed by atoms with Crippen LogP contribution in [0.4, 0.5) is 0 Å². The highest BCUT2D eigenvalue weighted by Gasteiger charge is 2.30. The van der Waals surface area contributed by atoms with Crippen molar-refractivity contribution in [1.29, 1.82) is 0 Å². The molecular weight excluding hydrogens is 302 g/mol. The molecule has 3 heterocycles. The summed E-state index contributed by atoms with van der Waals surface area (Å²) in [6.45, 7) is 0. The molecule has 1 aromatic carbocycles. The van der Waals surface area contributed by atoms with Crippen molar-refractivity contribution in [2.24, 2.45) is 0 Å². The Hall–Kier alpha value is -1.92. The summed E-state index contributed by atoms with van der Waals surface area (Å²) < 4.78 is 1.44. The van der Waals surface area contributed by atoms with Gasteiger partial charge in [-0.15, -0.1) is 16.4 Å². The van der Waals surface area contributed by atoms with Crippen LogP contribution in [0.25, 0.3) is 11.4 Å². The van der Waals surface area contributed by atoms with Gasteiger partial charge in [-0.1, -0.05) is 48.2 Å². The second kappa shape index (κ2) is 5.13. The number of hydrogen-bond donors (Lipinski definition) is 0. The molecule has 0 N–H and O–H groups in total. The van der Waals surface area contributed by atoms with Crippen LogP contribution in [0, 0.1) is 0 Å². The Morgan fingerprint density at radius 3 is 2.76 bits per heavy atom. The van der Waals surface area contributed by atoms with E-state index in [0.717, 1.165) is 5.56 Å². The van der Waals surface area contributed by atoms with Gasteiger partial charge < -0.3 is 0 Å². The fourth-order valence-electron chi connectivity index (χ4n) is 2.29. The van der Waals surface area contributed by atoms with Gasteiger partial charge in [0, 0.05) is 16.9 Å². The Morgan fingerprint density at radius 2 is 2.00 bits per heavy atom. The quantitative estimate of drug-likeness (QED) is 0.720. The molecule has 6 heteroatoms. The molecule has 104 valence electrons. The average Bonchev–Trinajstić information content (AvgIpc) is 3.17. The van der Waals surface area contributed by atoms with E-state index in [1.165, 1.54) is 9.56 Å². The van der Waals surface area contributed by atoms with E-state index in [1.807, 2.05) is 41.8 Å². The van der Waals surface area contributed by atoms with Gasteiger partial charge in [0.05, 0.1) is 5.25 Å². The third-order valence-corrected chi connectivity index (χ3v) is 5.63. The average molecular weight is 313 g/mol. The van der Waals surface area contributed by atoms with Crippen LogP contribution in [0.1, 0.15) is 21.3 Å². The van der Waals surface area contributed by atoms with Gasteiger partial charge in [-0.2, -0.15) is 4.68 Å². The largest absolute Gasteiger partial charge is 0.272 e. The normalized spacial score (nSPS) is 17.7. The van der Waals surface area contributed by atoms with Gasteiger partial charge in [-0.3, -0.25) is 4.79 Å². The van der Waals surface area contributed by atoms with E-state index in [-0.39, 0.29) is 11.2 Å². The van der Waals surface area contributed by atoms with Crippen LogP contribution in [-0.4, -0.2) is 20.7 Å². The van der Waals surface area contributed by atoms with Gasteiger partial charge in [-0.05, 0) is 11.4 Å². The minimum Gasteiger partial charge on any atom is -0.272 e. The van der Waals surface area contributed by atoms with Crippen molar-refractivity contribution < 1.29 is 4.79 Å². The SMILES string of the molecule is O=C1C[C@H](c2cccs2)Sc2nc(-c3ccccc3)nn21. The number of rotatable bonds is 2. The third-order valence-electron chi connectivity index (χ3n) is 3.31. The molecule has 3 aromatic rings. The van der Waals surface area contributed by atoms with Crippen LogP contribution in [0.5, 0.6) is 0 Å². The monoisotopic (exact) mass is 313 g/mol. The molecule has 0 radical (unpaired) electrons. The molecule has 0 amide bonds. The summed E-state index contributed by atoms with van der Waals surface area (Å²) in [6, 6.07) is 13.8. The number of aromatic nitrogens is 3. The first-order chi connectivity index (χ1) is 10.3. The van der Waals surface area contributed by atoms with Crippen molar-refractivity contribution in [3.63, 3.8) is 0 Å². The van der Waals surface area contributed by atoms with E-state index in [2.05, 4.69) is 16.1 Å². The Balaban J connectivity index is 1.71. The summed E-state index contributed by atoms with van der Waals surface area (Å²) >= 11 is 3.29. The van der Waals surface area contributed by atoms with Crippen molar-refractivity contribution in [1.82, 2.24) is 14.8 Å². The summed E-state index contributed by atoms with van der Waals surface area (Å²) in [4.78, 5) is 18.0. The fraction of sp³-hybridized carbons (Fsp3) is 0.133. The second-order valence-electron chi connectivity index (χ2n) is 4.72. The number of nitrogens with zero attached hydrogens (tertiary/aromatic N) is 3. The first-order valence-electron chi connectivity index (χ1n) is 6.57. The van der Waals surface area contributed by atoms with Crippen LogP contribution in [0.2, 0.25) is 0 Å². The summed E-state index contributed by atoms with van der Waals surface area (Å²) in [5, 5.41) is 7.23. The Bertz CT molecular complexity index is 781. The van der Waals surface area contributed by atoms with E-state index in [4.69, 9.17) is 0 Å². The molecule has 0 saturated heterocycles. The molecule has 4 nitrogen and oxygen atoms in total. The summed E-state index contributed by atoms with van der Waals surface area (Å²) in [6.07, 6.45) is 0.468. The maximum Gasteiger partial charge on any atom is 0.250 e. The zero-order valence-corrected chi connectivity index (χ0v) is 12.6. The standard InChI is InChI=1S/C15H11N3OS2/c19-13-9-12(11-7-4-8-20-11)21-15-16-14(17-18(13)15)10-5-2-1-3-6-10/h1-8,12H,9H2/t12-/m1/s1. The summed E-state index contributed by atoms with van der Waals surface area (Å²) in [7, 11) is 0. The van der Waals surface area contributed by atoms with Gasteiger partial charge in [0.25, 0.3) is 5.91 Å². The topological polar surface area (TPSA) is 47.8 Å². The molecule has 4 rings (SSSR count). The molecule has 0 saturated carbocycles. The van der Waals surface area contributed by atoms with Gasteiger partial charge >= 0.3 is 0 Å². The van der Waals surface area contributed by atoms with Gasteiger partial charge in [0.2, 0.25) is 0 Å². The zero-order valence-electron chi connectivity index (χ0n) is 11.0. The van der Waals surface area contributed by atoms with E-state index in [0.29, 0.717) is 17.4 Å². The molecule has 0 bridgehead atoms. The number of fused-ring (bicyclic) bond motifs is 1. The van der Waals surface area contributed by atoms with Crippen molar-refractivity contribution >= 4 is 29.0 Å². The number of carbonyl (C=O) groups is 1. The predicted octanol–water partition coefficient (Wildman–Crippen LogP) is 3.88. The summed E-state index contributed by atoms with van der Waals surface area (Å²) in [5.74, 6) is 0.620. The number of carbonyl (C=O) groups excluding carboxylic acids is 1. The third kappa shape index (κ3) is 2.30. The number of hydrogen-bond acceptors (Lipinski definition) is 5. The van der Waals surface area contributed by atoms with Crippen LogP contribution in [0.15, 0.2) is 53.0 Å². The first kappa shape index (κ1) is 12.8. The number of thioether (sulfide) groups is 1. The molecule has 21 heavy (non-hydrogen) atoms. The van der Waals surface area contributed by atoms with E-state index in [9.17, 15) is 4.79 Å². The fourth-order valence-corrected chi connectivity index (χ4v) is 4.37. The minimum absolute atomic E-state index is 0.0110. The molecule has 1 aliphatic heterocycles. The first-order valence-corrected chi connectivity index (χ1v) is 8.33. The molecular formula is C15H11N3OS2. The molecule has 0 unspecified atom stereocenters. The molecule has 2 aromatic heterocycles. The highest BCUT2D eigenvalue weighted by Crippen LogP contribution is 2.42.